The summed E-state index contributed by atoms with van der Waals surface area (Å²) < 4.78 is 0.691. The molecule has 0 aromatic heterocycles. The molecule has 0 bridgehead atoms. The molecule has 1 saturated heterocycles. The van der Waals surface area contributed by atoms with Gasteiger partial charge in [-0.3, -0.25) is 9.59 Å². The molecule has 96 valence electrons. The third kappa shape index (κ3) is 2.70. The van der Waals surface area contributed by atoms with Crippen LogP contribution in [0.15, 0.2) is 27.6 Å². The first kappa shape index (κ1) is 13.4. The maximum absolute atomic E-state index is 12.1. The molecule has 0 aliphatic carbocycles. The Morgan fingerprint density at radius 2 is 2.28 bits per heavy atom. The van der Waals surface area contributed by atoms with Crippen LogP contribution < -0.4 is 5.32 Å². The van der Waals surface area contributed by atoms with E-state index in [4.69, 9.17) is 0 Å². The van der Waals surface area contributed by atoms with Crippen molar-refractivity contribution in [3.8, 4) is 0 Å². The van der Waals surface area contributed by atoms with E-state index in [1.807, 2.05) is 0 Å². The number of nitrogens with one attached hydrogen (secondary N) is 1. The average Bonchev–Trinajstić information content (AvgIpc) is 2.64. The van der Waals surface area contributed by atoms with Gasteiger partial charge in [-0.1, -0.05) is 0 Å². The van der Waals surface area contributed by atoms with E-state index in [0.29, 0.717) is 27.9 Å². The molecule has 6 heteroatoms. The Labute approximate surface area is 119 Å². The molecular weight excluding hydrogens is 316 g/mol. The molecule has 1 aliphatic rings. The summed E-state index contributed by atoms with van der Waals surface area (Å²) >= 11 is 7.52. The van der Waals surface area contributed by atoms with E-state index in [1.54, 1.807) is 30.1 Å². The van der Waals surface area contributed by atoms with Crippen molar-refractivity contribution in [3.05, 3.63) is 28.2 Å². The van der Waals surface area contributed by atoms with E-state index in [9.17, 15) is 9.59 Å². The minimum atomic E-state index is -0.419. The number of halogens is 1. The predicted molar refractivity (Wildman–Crippen MR) is 74.9 cm³/mol. The first-order valence-electron chi connectivity index (χ1n) is 5.53. The maximum Gasteiger partial charge on any atom is 0.253 e. The number of hydrogen-bond acceptors (Lipinski definition) is 3. The highest BCUT2D eigenvalue weighted by Crippen LogP contribution is 2.21. The second-order valence-electron chi connectivity index (χ2n) is 4.24. The van der Waals surface area contributed by atoms with Gasteiger partial charge in [0.15, 0.2) is 0 Å². The van der Waals surface area contributed by atoms with Crippen molar-refractivity contribution in [2.45, 2.75) is 17.4 Å². The molecule has 1 unspecified atom stereocenters. The summed E-state index contributed by atoms with van der Waals surface area (Å²) in [6, 6.07) is 4.81. The van der Waals surface area contributed by atoms with Crippen LogP contribution in [0, 0.1) is 0 Å². The van der Waals surface area contributed by atoms with Crippen LogP contribution in [0.3, 0.4) is 0 Å². The molecule has 0 spiro atoms. The van der Waals surface area contributed by atoms with Gasteiger partial charge in [0.05, 0.1) is 5.56 Å². The minimum absolute atomic E-state index is 0.0403. The molecule has 1 heterocycles. The quantitative estimate of drug-likeness (QED) is 0.812. The Kier molecular flexibility index (Phi) is 3.97. The number of hydrogen-bond donors (Lipinski definition) is 2. The van der Waals surface area contributed by atoms with E-state index in [2.05, 4.69) is 33.9 Å². The molecular formula is C12H13BrN2O2S. The van der Waals surface area contributed by atoms with Crippen molar-refractivity contribution in [1.29, 1.82) is 0 Å². The number of likely N-dealkylation sites (N-methyl/N-ethyl adjacent to an activating group) is 1. The molecule has 2 rings (SSSR count). The fourth-order valence-corrected chi connectivity index (χ4v) is 2.51. The number of carbonyl (C=O) groups is 2. The lowest BCUT2D eigenvalue weighted by Gasteiger charge is -2.13. The normalized spacial score (nSPS) is 19.2. The zero-order valence-corrected chi connectivity index (χ0v) is 12.3. The van der Waals surface area contributed by atoms with Crippen LogP contribution in [0.5, 0.6) is 0 Å². The van der Waals surface area contributed by atoms with Gasteiger partial charge in [0.25, 0.3) is 5.91 Å². The van der Waals surface area contributed by atoms with E-state index >= 15 is 0 Å². The van der Waals surface area contributed by atoms with Crippen molar-refractivity contribution in [2.75, 3.05) is 13.6 Å². The van der Waals surface area contributed by atoms with Crippen LogP contribution in [0.4, 0.5) is 0 Å². The highest BCUT2D eigenvalue weighted by Gasteiger charge is 2.30. The van der Waals surface area contributed by atoms with Gasteiger partial charge in [-0.2, -0.15) is 0 Å². The van der Waals surface area contributed by atoms with Crippen LogP contribution in [0.1, 0.15) is 16.8 Å². The second kappa shape index (κ2) is 5.32. The van der Waals surface area contributed by atoms with Gasteiger partial charge < -0.3 is 10.2 Å². The average molecular weight is 329 g/mol. The first-order chi connectivity index (χ1) is 8.49. The molecule has 1 N–H and O–H groups in total. The molecule has 1 atom stereocenters. The Morgan fingerprint density at radius 1 is 1.56 bits per heavy atom. The van der Waals surface area contributed by atoms with Crippen LogP contribution in [-0.4, -0.2) is 36.3 Å². The minimum Gasteiger partial charge on any atom is -0.344 e. The zero-order valence-electron chi connectivity index (χ0n) is 9.81. The van der Waals surface area contributed by atoms with Crippen LogP contribution in [0.25, 0.3) is 0 Å². The highest BCUT2D eigenvalue weighted by atomic mass is 79.9. The van der Waals surface area contributed by atoms with Crippen molar-refractivity contribution in [3.63, 3.8) is 0 Å². The number of amides is 2. The summed E-state index contributed by atoms with van der Waals surface area (Å²) in [5.74, 6) is -0.298. The topological polar surface area (TPSA) is 49.4 Å². The number of benzene rings is 1. The Morgan fingerprint density at radius 3 is 2.89 bits per heavy atom. The number of rotatable bonds is 2. The second-order valence-corrected chi connectivity index (χ2v) is 5.61. The largest absolute Gasteiger partial charge is 0.344 e. The summed E-state index contributed by atoms with van der Waals surface area (Å²) in [6.45, 7) is 0.678. The first-order valence-corrected chi connectivity index (χ1v) is 6.77. The Balaban J connectivity index is 2.13. The molecule has 2 amide bonds. The third-order valence-electron chi connectivity index (χ3n) is 2.93. The molecule has 4 nitrogen and oxygen atoms in total. The Hall–Kier alpha value is -1.01. The van der Waals surface area contributed by atoms with Crippen LogP contribution >= 0.6 is 28.6 Å². The molecule has 1 aromatic rings. The van der Waals surface area contributed by atoms with E-state index < -0.39 is 6.04 Å². The number of carbonyl (C=O) groups excluding carboxylic acids is 2. The monoisotopic (exact) mass is 328 g/mol. The Bertz CT molecular complexity index is 507. The van der Waals surface area contributed by atoms with Gasteiger partial charge in [-0.05, 0) is 40.5 Å². The highest BCUT2D eigenvalue weighted by molar-refractivity contribution is 9.10. The van der Waals surface area contributed by atoms with Crippen molar-refractivity contribution in [1.82, 2.24) is 10.2 Å². The fourth-order valence-electron chi connectivity index (χ4n) is 1.88. The smallest absolute Gasteiger partial charge is 0.253 e. The number of thiol groups is 1. The van der Waals surface area contributed by atoms with Gasteiger partial charge in [-0.25, -0.2) is 0 Å². The SMILES string of the molecule is CN1CCC(NC(=O)c2cc(S)ccc2Br)C1=O. The van der Waals surface area contributed by atoms with Crippen LogP contribution in [0.2, 0.25) is 0 Å². The summed E-state index contributed by atoms with van der Waals surface area (Å²) in [5, 5.41) is 2.75. The van der Waals surface area contributed by atoms with Crippen molar-refractivity contribution in [2.24, 2.45) is 0 Å². The van der Waals surface area contributed by atoms with Gasteiger partial charge in [0.2, 0.25) is 5.91 Å². The summed E-state index contributed by atoms with van der Waals surface area (Å²) in [4.78, 5) is 26.1. The maximum atomic E-state index is 12.1. The summed E-state index contributed by atoms with van der Waals surface area (Å²) in [7, 11) is 1.73. The fraction of sp³-hybridized carbons (Fsp3) is 0.333. The van der Waals surface area contributed by atoms with E-state index in [-0.39, 0.29) is 11.8 Å². The lowest BCUT2D eigenvalue weighted by atomic mass is 10.2. The third-order valence-corrected chi connectivity index (χ3v) is 3.90. The molecule has 1 aliphatic heterocycles. The summed E-state index contributed by atoms with van der Waals surface area (Å²) in [5.41, 5.74) is 0.491. The lowest BCUT2D eigenvalue weighted by Crippen LogP contribution is -2.40. The van der Waals surface area contributed by atoms with Gasteiger partial charge in [0.1, 0.15) is 6.04 Å². The predicted octanol–water partition coefficient (Wildman–Crippen LogP) is 1.70. The summed E-state index contributed by atoms with van der Waals surface area (Å²) in [6.07, 6.45) is 0.652. The number of likely N-dealkylation sites (tertiary alicyclic amines) is 1. The number of nitrogens with zero attached hydrogens (tertiary/aromatic N) is 1. The zero-order chi connectivity index (χ0) is 13.3. The molecule has 18 heavy (non-hydrogen) atoms. The van der Waals surface area contributed by atoms with E-state index in [0.717, 1.165) is 0 Å². The lowest BCUT2D eigenvalue weighted by molar-refractivity contribution is -0.128. The van der Waals surface area contributed by atoms with Gasteiger partial charge >= 0.3 is 0 Å². The van der Waals surface area contributed by atoms with E-state index in [1.165, 1.54) is 0 Å². The van der Waals surface area contributed by atoms with Crippen molar-refractivity contribution < 1.29 is 9.59 Å². The van der Waals surface area contributed by atoms with Crippen molar-refractivity contribution >= 4 is 40.4 Å². The molecule has 0 saturated carbocycles. The van der Waals surface area contributed by atoms with Gasteiger partial charge in [-0.15, -0.1) is 12.6 Å². The van der Waals surface area contributed by atoms with Crippen LogP contribution in [-0.2, 0) is 4.79 Å². The molecule has 0 radical (unpaired) electrons. The standard InChI is InChI=1S/C12H13BrN2O2S/c1-15-5-4-10(12(15)17)14-11(16)8-6-7(18)2-3-9(8)13/h2-3,6,10,18H,4-5H2,1H3,(H,14,16). The molecule has 1 fully saturated rings. The van der Waals surface area contributed by atoms with Gasteiger partial charge in [0, 0.05) is 23.0 Å². The molecule has 1 aromatic carbocycles.